The molecule has 19 heavy (non-hydrogen) atoms. The van der Waals surface area contributed by atoms with Gasteiger partial charge in [-0.3, -0.25) is 4.79 Å². The van der Waals surface area contributed by atoms with Crippen LogP contribution in [0.4, 0.5) is 0 Å². The van der Waals surface area contributed by atoms with Gasteiger partial charge in [0.2, 0.25) is 5.91 Å². The number of amides is 1. The summed E-state index contributed by atoms with van der Waals surface area (Å²) in [5.41, 5.74) is 6.76. The van der Waals surface area contributed by atoms with Gasteiger partial charge < -0.3 is 15.8 Å². The molecule has 0 heterocycles. The molecular formula is C15H24N2O2. The van der Waals surface area contributed by atoms with E-state index < -0.39 is 0 Å². The van der Waals surface area contributed by atoms with Crippen molar-refractivity contribution < 1.29 is 9.53 Å². The summed E-state index contributed by atoms with van der Waals surface area (Å²) in [6, 6.07) is 7.53. The van der Waals surface area contributed by atoms with E-state index in [9.17, 15) is 4.79 Å². The monoisotopic (exact) mass is 264 g/mol. The molecule has 0 aliphatic rings. The topological polar surface area (TPSA) is 64.4 Å². The number of rotatable bonds is 6. The molecule has 106 valence electrons. The van der Waals surface area contributed by atoms with Crippen molar-refractivity contribution >= 4 is 5.91 Å². The van der Waals surface area contributed by atoms with Gasteiger partial charge in [-0.15, -0.1) is 0 Å². The van der Waals surface area contributed by atoms with E-state index in [0.29, 0.717) is 0 Å². The van der Waals surface area contributed by atoms with Gasteiger partial charge >= 0.3 is 0 Å². The number of nitrogens with two attached hydrogens (primary N) is 1. The third-order valence-electron chi connectivity index (χ3n) is 3.44. The zero-order valence-electron chi connectivity index (χ0n) is 12.1. The summed E-state index contributed by atoms with van der Waals surface area (Å²) in [5, 5.41) is 3.04. The molecule has 0 bridgehead atoms. The molecule has 0 aliphatic heterocycles. The van der Waals surface area contributed by atoms with Crippen molar-refractivity contribution in [3.05, 3.63) is 29.8 Å². The highest BCUT2D eigenvalue weighted by Crippen LogP contribution is 2.27. The van der Waals surface area contributed by atoms with Crippen LogP contribution in [0.5, 0.6) is 5.75 Å². The molecular weight excluding hydrogens is 240 g/mol. The van der Waals surface area contributed by atoms with Gasteiger partial charge in [-0.25, -0.2) is 0 Å². The molecule has 3 unspecified atom stereocenters. The third-order valence-corrected chi connectivity index (χ3v) is 3.44. The minimum Gasteiger partial charge on any atom is -0.496 e. The number of benzene rings is 1. The summed E-state index contributed by atoms with van der Waals surface area (Å²) in [5.74, 6) is 0.569. The highest BCUT2D eigenvalue weighted by molar-refractivity contribution is 5.79. The minimum absolute atomic E-state index is 0.0206. The van der Waals surface area contributed by atoms with Crippen LogP contribution < -0.4 is 15.8 Å². The molecule has 1 aromatic rings. The Hall–Kier alpha value is -1.55. The predicted octanol–water partition coefficient (Wildman–Crippen LogP) is 2.25. The number of carbonyl (C=O) groups is 1. The van der Waals surface area contributed by atoms with Crippen LogP contribution in [-0.4, -0.2) is 19.1 Å². The van der Waals surface area contributed by atoms with Crippen molar-refractivity contribution in [2.24, 2.45) is 11.7 Å². The summed E-state index contributed by atoms with van der Waals surface area (Å²) in [6.07, 6.45) is 0.803. The Morgan fingerprint density at radius 1 is 1.37 bits per heavy atom. The molecule has 3 N–H and O–H groups in total. The van der Waals surface area contributed by atoms with Crippen molar-refractivity contribution in [1.29, 1.82) is 0 Å². The largest absolute Gasteiger partial charge is 0.496 e. The standard InChI is InChI=1S/C15H24N2O2/c1-5-13(17-15(18)10(2)11(3)16)12-8-6-7-9-14(12)19-4/h6-11,13H,5,16H2,1-4H3,(H,17,18). The second kappa shape index (κ2) is 7.14. The smallest absolute Gasteiger partial charge is 0.224 e. The fourth-order valence-corrected chi connectivity index (χ4v) is 1.90. The van der Waals surface area contributed by atoms with Gasteiger partial charge in [0, 0.05) is 17.5 Å². The number of hydrogen-bond acceptors (Lipinski definition) is 3. The number of carbonyl (C=O) groups excluding carboxylic acids is 1. The first-order chi connectivity index (χ1) is 9.01. The van der Waals surface area contributed by atoms with Gasteiger partial charge in [0.25, 0.3) is 0 Å². The van der Waals surface area contributed by atoms with Crippen LogP contribution in [0.1, 0.15) is 38.8 Å². The zero-order valence-corrected chi connectivity index (χ0v) is 12.1. The van der Waals surface area contributed by atoms with Crippen LogP contribution in [-0.2, 0) is 4.79 Å². The normalized spacial score (nSPS) is 15.4. The van der Waals surface area contributed by atoms with E-state index in [1.807, 2.05) is 45.0 Å². The minimum atomic E-state index is -0.205. The first-order valence-electron chi connectivity index (χ1n) is 6.70. The van der Waals surface area contributed by atoms with Crippen molar-refractivity contribution in [3.8, 4) is 5.75 Å². The summed E-state index contributed by atoms with van der Waals surface area (Å²) in [6.45, 7) is 5.72. The molecule has 1 rings (SSSR count). The lowest BCUT2D eigenvalue weighted by molar-refractivity contribution is -0.125. The number of methoxy groups -OCH3 is 1. The van der Waals surface area contributed by atoms with E-state index >= 15 is 0 Å². The molecule has 0 aliphatic carbocycles. The fourth-order valence-electron chi connectivity index (χ4n) is 1.90. The highest BCUT2D eigenvalue weighted by Gasteiger charge is 2.22. The average molecular weight is 264 g/mol. The SMILES string of the molecule is CCC(NC(=O)C(C)C(C)N)c1ccccc1OC. The van der Waals surface area contributed by atoms with Crippen molar-refractivity contribution in [1.82, 2.24) is 5.32 Å². The fraction of sp³-hybridized carbons (Fsp3) is 0.533. The maximum atomic E-state index is 12.1. The van der Waals surface area contributed by atoms with Gasteiger partial charge in [-0.05, 0) is 19.4 Å². The van der Waals surface area contributed by atoms with E-state index in [1.54, 1.807) is 7.11 Å². The van der Waals surface area contributed by atoms with Gasteiger partial charge in [0.05, 0.1) is 13.2 Å². The summed E-state index contributed by atoms with van der Waals surface area (Å²) >= 11 is 0. The molecule has 0 saturated heterocycles. The molecule has 0 radical (unpaired) electrons. The Labute approximate surface area is 115 Å². The second-order valence-corrected chi connectivity index (χ2v) is 4.86. The average Bonchev–Trinajstić information content (AvgIpc) is 2.43. The molecule has 0 spiro atoms. The van der Waals surface area contributed by atoms with Crippen molar-refractivity contribution in [2.75, 3.05) is 7.11 Å². The van der Waals surface area contributed by atoms with E-state index in [2.05, 4.69) is 5.32 Å². The number of nitrogens with one attached hydrogen (secondary N) is 1. The van der Waals surface area contributed by atoms with E-state index in [4.69, 9.17) is 10.5 Å². The van der Waals surface area contributed by atoms with Crippen LogP contribution in [0, 0.1) is 5.92 Å². The molecule has 0 saturated carbocycles. The van der Waals surface area contributed by atoms with Gasteiger partial charge in [0.1, 0.15) is 5.75 Å². The summed E-state index contributed by atoms with van der Waals surface area (Å²) in [4.78, 5) is 12.1. The van der Waals surface area contributed by atoms with Crippen LogP contribution in [0.25, 0.3) is 0 Å². The lowest BCUT2D eigenvalue weighted by Crippen LogP contribution is -2.40. The van der Waals surface area contributed by atoms with Gasteiger partial charge in [-0.2, -0.15) is 0 Å². The Morgan fingerprint density at radius 2 is 2.00 bits per heavy atom. The van der Waals surface area contributed by atoms with Crippen molar-refractivity contribution in [3.63, 3.8) is 0 Å². The summed E-state index contributed by atoms with van der Waals surface area (Å²) < 4.78 is 5.34. The molecule has 4 nitrogen and oxygen atoms in total. The number of para-hydroxylation sites is 1. The zero-order chi connectivity index (χ0) is 14.4. The molecule has 0 aromatic heterocycles. The molecule has 3 atom stereocenters. The Kier molecular flexibility index (Phi) is 5.83. The maximum absolute atomic E-state index is 12.1. The first kappa shape index (κ1) is 15.5. The third kappa shape index (κ3) is 3.96. The Bertz CT molecular complexity index is 418. The second-order valence-electron chi connectivity index (χ2n) is 4.86. The maximum Gasteiger partial charge on any atom is 0.224 e. The predicted molar refractivity (Wildman–Crippen MR) is 77.0 cm³/mol. The van der Waals surface area contributed by atoms with E-state index in [1.165, 1.54) is 0 Å². The molecule has 1 aromatic carbocycles. The quantitative estimate of drug-likeness (QED) is 0.828. The van der Waals surface area contributed by atoms with Crippen LogP contribution >= 0.6 is 0 Å². The summed E-state index contributed by atoms with van der Waals surface area (Å²) in [7, 11) is 1.64. The van der Waals surface area contributed by atoms with E-state index in [0.717, 1.165) is 17.7 Å². The van der Waals surface area contributed by atoms with Gasteiger partial charge in [-0.1, -0.05) is 32.0 Å². The Morgan fingerprint density at radius 3 is 2.53 bits per heavy atom. The van der Waals surface area contributed by atoms with Crippen molar-refractivity contribution in [2.45, 2.75) is 39.3 Å². The first-order valence-corrected chi connectivity index (χ1v) is 6.70. The van der Waals surface area contributed by atoms with Crippen LogP contribution in [0.2, 0.25) is 0 Å². The van der Waals surface area contributed by atoms with Crippen LogP contribution in [0.3, 0.4) is 0 Å². The number of ether oxygens (including phenoxy) is 1. The molecule has 0 fully saturated rings. The molecule has 1 amide bonds. The van der Waals surface area contributed by atoms with Crippen LogP contribution in [0.15, 0.2) is 24.3 Å². The number of hydrogen-bond donors (Lipinski definition) is 2. The molecule has 4 heteroatoms. The van der Waals surface area contributed by atoms with Gasteiger partial charge in [0.15, 0.2) is 0 Å². The highest BCUT2D eigenvalue weighted by atomic mass is 16.5. The lowest BCUT2D eigenvalue weighted by Gasteiger charge is -2.23. The van der Waals surface area contributed by atoms with E-state index in [-0.39, 0.29) is 23.9 Å². The lowest BCUT2D eigenvalue weighted by atomic mass is 9.99. The Balaban J connectivity index is 2.86.